The minimum Gasteiger partial charge on any atom is -0.322 e. The van der Waals surface area contributed by atoms with E-state index in [1.165, 1.54) is 10.6 Å². The van der Waals surface area contributed by atoms with Gasteiger partial charge in [0.2, 0.25) is 10.0 Å². The van der Waals surface area contributed by atoms with E-state index in [-0.39, 0.29) is 12.5 Å². The summed E-state index contributed by atoms with van der Waals surface area (Å²) in [6, 6.07) is 23.2. The number of rotatable bonds is 6. The highest BCUT2D eigenvalue weighted by atomic mass is 79.9. The molecule has 0 atom stereocenters. The molecule has 3 aromatic carbocycles. The van der Waals surface area contributed by atoms with E-state index in [4.69, 9.17) is 0 Å². The highest BCUT2D eigenvalue weighted by Gasteiger charge is 2.18. The molecule has 0 saturated heterocycles. The average molecular weight is 459 g/mol. The van der Waals surface area contributed by atoms with Crippen LogP contribution in [-0.2, 0) is 16.6 Å². The van der Waals surface area contributed by atoms with E-state index in [0.29, 0.717) is 16.9 Å². The maximum Gasteiger partial charge on any atom is 0.255 e. The summed E-state index contributed by atoms with van der Waals surface area (Å²) in [5.74, 6) is -0.265. The van der Waals surface area contributed by atoms with Crippen LogP contribution in [0.25, 0.3) is 0 Å². The van der Waals surface area contributed by atoms with Gasteiger partial charge in [0.1, 0.15) is 0 Å². The summed E-state index contributed by atoms with van der Waals surface area (Å²) in [4.78, 5) is 12.4. The normalized spacial score (nSPS) is 11.1. The van der Waals surface area contributed by atoms with Gasteiger partial charge in [-0.1, -0.05) is 52.3 Å². The smallest absolute Gasteiger partial charge is 0.255 e. The number of halogens is 1. The number of benzene rings is 3. The van der Waals surface area contributed by atoms with Crippen molar-refractivity contribution in [2.24, 2.45) is 0 Å². The van der Waals surface area contributed by atoms with Crippen molar-refractivity contribution in [3.05, 3.63) is 94.5 Å². The maximum atomic E-state index is 12.4. The van der Waals surface area contributed by atoms with Gasteiger partial charge in [0.15, 0.2) is 0 Å². The largest absolute Gasteiger partial charge is 0.322 e. The van der Waals surface area contributed by atoms with Crippen LogP contribution in [0, 0.1) is 0 Å². The van der Waals surface area contributed by atoms with Crippen molar-refractivity contribution in [1.29, 1.82) is 0 Å². The molecule has 3 rings (SSSR count). The predicted octanol–water partition coefficient (Wildman–Crippen LogP) is 4.67. The second-order valence-electron chi connectivity index (χ2n) is 6.27. The lowest BCUT2D eigenvalue weighted by Gasteiger charge is -2.22. The molecule has 0 unspecified atom stereocenters. The molecule has 0 aliphatic carbocycles. The van der Waals surface area contributed by atoms with Gasteiger partial charge in [-0.05, 0) is 48.0 Å². The predicted molar refractivity (Wildman–Crippen MR) is 116 cm³/mol. The van der Waals surface area contributed by atoms with Crippen LogP contribution < -0.4 is 9.62 Å². The first-order valence-electron chi connectivity index (χ1n) is 8.51. The van der Waals surface area contributed by atoms with Crippen molar-refractivity contribution in [3.63, 3.8) is 0 Å². The number of hydrogen-bond donors (Lipinski definition) is 1. The first-order valence-corrected chi connectivity index (χ1v) is 11.2. The topological polar surface area (TPSA) is 66.5 Å². The zero-order chi connectivity index (χ0) is 20.1. The molecule has 28 heavy (non-hydrogen) atoms. The summed E-state index contributed by atoms with van der Waals surface area (Å²) >= 11 is 3.37. The first-order chi connectivity index (χ1) is 13.3. The SMILES string of the molecule is CS(=O)(=O)N(Cc1ccccc1)c1ccc(C(=O)Nc2cccc(Br)c2)cc1. The number of sulfonamides is 1. The molecule has 0 bridgehead atoms. The summed E-state index contributed by atoms with van der Waals surface area (Å²) in [5, 5.41) is 2.82. The average Bonchev–Trinajstić information content (AvgIpc) is 2.66. The fraction of sp³-hybridized carbons (Fsp3) is 0.0952. The molecule has 0 spiro atoms. The lowest BCUT2D eigenvalue weighted by molar-refractivity contribution is 0.102. The fourth-order valence-corrected chi connectivity index (χ4v) is 3.99. The summed E-state index contributed by atoms with van der Waals surface area (Å²) in [7, 11) is -3.47. The fourth-order valence-electron chi connectivity index (χ4n) is 2.70. The van der Waals surface area contributed by atoms with Crippen molar-refractivity contribution >= 4 is 43.2 Å². The Labute approximate surface area is 173 Å². The van der Waals surface area contributed by atoms with Crippen molar-refractivity contribution < 1.29 is 13.2 Å². The Balaban J connectivity index is 1.80. The van der Waals surface area contributed by atoms with E-state index >= 15 is 0 Å². The second-order valence-corrected chi connectivity index (χ2v) is 9.09. The van der Waals surface area contributed by atoms with Gasteiger partial charge in [-0.15, -0.1) is 0 Å². The Bertz CT molecular complexity index is 1070. The van der Waals surface area contributed by atoms with Crippen LogP contribution in [0.2, 0.25) is 0 Å². The van der Waals surface area contributed by atoms with Gasteiger partial charge in [-0.3, -0.25) is 9.10 Å². The summed E-state index contributed by atoms with van der Waals surface area (Å²) in [5.41, 5.74) is 2.50. The monoisotopic (exact) mass is 458 g/mol. The van der Waals surface area contributed by atoms with Gasteiger partial charge in [0, 0.05) is 15.7 Å². The zero-order valence-electron chi connectivity index (χ0n) is 15.2. The second kappa shape index (κ2) is 8.58. The Morgan fingerprint density at radius 3 is 2.25 bits per heavy atom. The van der Waals surface area contributed by atoms with Crippen molar-refractivity contribution in [3.8, 4) is 0 Å². The number of nitrogens with one attached hydrogen (secondary N) is 1. The molecule has 0 aliphatic heterocycles. The molecule has 0 aromatic heterocycles. The summed E-state index contributed by atoms with van der Waals surface area (Å²) in [6.07, 6.45) is 1.17. The van der Waals surface area contributed by atoms with Crippen LogP contribution >= 0.6 is 15.9 Å². The molecular formula is C21H19BrN2O3S. The number of carbonyl (C=O) groups excluding carboxylic acids is 1. The van der Waals surface area contributed by atoms with Crippen LogP contribution in [0.5, 0.6) is 0 Å². The third-order valence-electron chi connectivity index (χ3n) is 4.07. The molecule has 1 amide bonds. The highest BCUT2D eigenvalue weighted by Crippen LogP contribution is 2.22. The summed E-state index contributed by atoms with van der Waals surface area (Å²) in [6.45, 7) is 0.225. The van der Waals surface area contributed by atoms with Gasteiger partial charge in [-0.25, -0.2) is 8.42 Å². The van der Waals surface area contributed by atoms with Gasteiger partial charge >= 0.3 is 0 Å². The van der Waals surface area contributed by atoms with Gasteiger partial charge in [-0.2, -0.15) is 0 Å². The molecule has 3 aromatic rings. The molecule has 144 valence electrons. The quantitative estimate of drug-likeness (QED) is 0.583. The van der Waals surface area contributed by atoms with Crippen LogP contribution in [0.4, 0.5) is 11.4 Å². The van der Waals surface area contributed by atoms with E-state index in [1.807, 2.05) is 42.5 Å². The van der Waals surface area contributed by atoms with Crippen LogP contribution in [0.1, 0.15) is 15.9 Å². The van der Waals surface area contributed by atoms with Crippen LogP contribution in [0.15, 0.2) is 83.3 Å². The molecule has 0 heterocycles. The Kier molecular flexibility index (Phi) is 6.16. The van der Waals surface area contributed by atoms with Crippen LogP contribution in [0.3, 0.4) is 0 Å². The molecule has 0 radical (unpaired) electrons. The standard InChI is InChI=1S/C21H19BrN2O3S/c1-28(26,27)24(15-16-6-3-2-4-7-16)20-12-10-17(11-13-20)21(25)23-19-9-5-8-18(22)14-19/h2-14H,15H2,1H3,(H,23,25). The lowest BCUT2D eigenvalue weighted by atomic mass is 10.1. The third kappa shape index (κ3) is 5.21. The van der Waals surface area contributed by atoms with Gasteiger partial charge in [0.25, 0.3) is 5.91 Å². The number of hydrogen-bond acceptors (Lipinski definition) is 3. The minimum absolute atomic E-state index is 0.225. The maximum absolute atomic E-state index is 12.4. The zero-order valence-corrected chi connectivity index (χ0v) is 17.6. The number of anilines is 2. The molecule has 7 heteroatoms. The molecule has 1 N–H and O–H groups in total. The Morgan fingerprint density at radius 1 is 0.964 bits per heavy atom. The van der Waals surface area contributed by atoms with Crippen LogP contribution in [-0.4, -0.2) is 20.6 Å². The van der Waals surface area contributed by atoms with Gasteiger partial charge in [0.05, 0.1) is 18.5 Å². The van der Waals surface area contributed by atoms with Crippen molar-refractivity contribution in [2.75, 3.05) is 15.9 Å². The minimum atomic E-state index is -3.47. The van der Waals surface area contributed by atoms with Crippen molar-refractivity contribution in [1.82, 2.24) is 0 Å². The van der Waals surface area contributed by atoms with E-state index in [1.54, 1.807) is 36.4 Å². The van der Waals surface area contributed by atoms with E-state index in [2.05, 4.69) is 21.2 Å². The van der Waals surface area contributed by atoms with Crippen molar-refractivity contribution in [2.45, 2.75) is 6.54 Å². The van der Waals surface area contributed by atoms with E-state index < -0.39 is 10.0 Å². The van der Waals surface area contributed by atoms with E-state index in [0.717, 1.165) is 10.0 Å². The number of nitrogens with zero attached hydrogens (tertiary/aromatic N) is 1. The first kappa shape index (κ1) is 20.1. The van der Waals surface area contributed by atoms with E-state index in [9.17, 15) is 13.2 Å². The highest BCUT2D eigenvalue weighted by molar-refractivity contribution is 9.10. The molecule has 0 fully saturated rings. The molecule has 0 aliphatic rings. The Hall–Kier alpha value is -2.64. The number of amides is 1. The lowest BCUT2D eigenvalue weighted by Crippen LogP contribution is -2.29. The molecule has 5 nitrogen and oxygen atoms in total. The molecular weight excluding hydrogens is 440 g/mol. The number of carbonyl (C=O) groups is 1. The Morgan fingerprint density at radius 2 is 1.64 bits per heavy atom. The summed E-state index contributed by atoms with van der Waals surface area (Å²) < 4.78 is 26.7. The molecule has 0 saturated carbocycles. The van der Waals surface area contributed by atoms with Gasteiger partial charge < -0.3 is 5.32 Å². The third-order valence-corrected chi connectivity index (χ3v) is 5.70.